The summed E-state index contributed by atoms with van der Waals surface area (Å²) in [5, 5.41) is 14.0. The second-order valence-electron chi connectivity index (χ2n) is 5.29. The van der Waals surface area contributed by atoms with Crippen molar-refractivity contribution in [2.75, 3.05) is 5.32 Å². The lowest BCUT2D eigenvalue weighted by molar-refractivity contribution is 0.270. The Morgan fingerprint density at radius 3 is 2.79 bits per heavy atom. The van der Waals surface area contributed by atoms with Gasteiger partial charge >= 0.3 is 0 Å². The quantitative estimate of drug-likeness (QED) is 0.901. The third kappa shape index (κ3) is 1.94. The van der Waals surface area contributed by atoms with Gasteiger partial charge in [0.25, 0.3) is 0 Å². The summed E-state index contributed by atoms with van der Waals surface area (Å²) in [6.07, 6.45) is 6.41. The van der Waals surface area contributed by atoms with Crippen LogP contribution in [0.3, 0.4) is 0 Å². The van der Waals surface area contributed by atoms with Crippen molar-refractivity contribution in [2.45, 2.75) is 38.1 Å². The fourth-order valence-corrected chi connectivity index (χ4v) is 2.80. The molecule has 1 fully saturated rings. The molecular formula is C16H17N3. The molecule has 1 aromatic heterocycles. The molecule has 0 bridgehead atoms. The van der Waals surface area contributed by atoms with Crippen LogP contribution in [0.5, 0.6) is 0 Å². The van der Waals surface area contributed by atoms with Gasteiger partial charge in [-0.2, -0.15) is 5.26 Å². The van der Waals surface area contributed by atoms with Crippen LogP contribution in [-0.2, 0) is 0 Å². The first-order valence-corrected chi connectivity index (χ1v) is 6.84. The van der Waals surface area contributed by atoms with Crippen LogP contribution in [0, 0.1) is 11.3 Å². The molecule has 3 rings (SSSR count). The molecule has 0 saturated heterocycles. The molecule has 96 valence electrons. The highest BCUT2D eigenvalue weighted by atomic mass is 15.0. The van der Waals surface area contributed by atoms with E-state index in [0.29, 0.717) is 5.56 Å². The average molecular weight is 251 g/mol. The maximum Gasteiger partial charge on any atom is 0.103 e. The van der Waals surface area contributed by atoms with Crippen molar-refractivity contribution < 1.29 is 0 Å². The van der Waals surface area contributed by atoms with Gasteiger partial charge < -0.3 is 5.32 Å². The van der Waals surface area contributed by atoms with Crippen molar-refractivity contribution in [1.82, 2.24) is 4.98 Å². The number of pyridine rings is 1. The number of anilines is 1. The summed E-state index contributed by atoms with van der Waals surface area (Å²) in [7, 11) is 0. The Kier molecular flexibility index (Phi) is 2.87. The number of para-hydroxylation sites is 1. The molecule has 0 spiro atoms. The zero-order valence-corrected chi connectivity index (χ0v) is 11.1. The van der Waals surface area contributed by atoms with Crippen LogP contribution in [0.15, 0.2) is 30.5 Å². The van der Waals surface area contributed by atoms with Gasteiger partial charge in [0.1, 0.15) is 6.07 Å². The smallest absolute Gasteiger partial charge is 0.103 e. The second-order valence-corrected chi connectivity index (χ2v) is 5.29. The molecule has 0 amide bonds. The predicted octanol–water partition coefficient (Wildman–Crippen LogP) is 3.85. The van der Waals surface area contributed by atoms with E-state index < -0.39 is 0 Å². The topological polar surface area (TPSA) is 48.7 Å². The molecule has 3 nitrogen and oxygen atoms in total. The van der Waals surface area contributed by atoms with Crippen molar-refractivity contribution in [2.24, 2.45) is 0 Å². The van der Waals surface area contributed by atoms with Crippen LogP contribution in [0.2, 0.25) is 0 Å². The van der Waals surface area contributed by atoms with E-state index >= 15 is 0 Å². The molecule has 0 unspecified atom stereocenters. The molecular weight excluding hydrogens is 234 g/mol. The van der Waals surface area contributed by atoms with Gasteiger partial charge in [0.15, 0.2) is 0 Å². The van der Waals surface area contributed by atoms with E-state index in [1.807, 2.05) is 24.3 Å². The van der Waals surface area contributed by atoms with Crippen molar-refractivity contribution >= 4 is 16.6 Å². The first-order valence-electron chi connectivity index (χ1n) is 6.84. The van der Waals surface area contributed by atoms with E-state index in [2.05, 4.69) is 23.3 Å². The van der Waals surface area contributed by atoms with Gasteiger partial charge in [-0.15, -0.1) is 0 Å². The van der Waals surface area contributed by atoms with E-state index in [-0.39, 0.29) is 5.54 Å². The SMILES string of the molecule is CCC1(Nc2c(C#N)cnc3ccccc23)CCC1. The summed E-state index contributed by atoms with van der Waals surface area (Å²) in [5.41, 5.74) is 2.71. The van der Waals surface area contributed by atoms with Crippen LogP contribution in [0.1, 0.15) is 38.2 Å². The van der Waals surface area contributed by atoms with Crippen molar-refractivity contribution in [1.29, 1.82) is 5.26 Å². The standard InChI is InChI=1S/C16H17N3/c1-2-16(8-5-9-16)19-15-12(10-17)11-18-14-7-4-3-6-13(14)15/h3-4,6-7,11H,2,5,8-9H2,1H3,(H,18,19). The van der Waals surface area contributed by atoms with Gasteiger partial charge in [-0.1, -0.05) is 25.1 Å². The number of nitrogens with one attached hydrogen (secondary N) is 1. The molecule has 1 aliphatic carbocycles. The molecule has 1 heterocycles. The zero-order chi connectivity index (χ0) is 13.3. The van der Waals surface area contributed by atoms with Crippen molar-refractivity contribution in [3.8, 4) is 6.07 Å². The first-order chi connectivity index (χ1) is 9.28. The summed E-state index contributed by atoms with van der Waals surface area (Å²) in [6.45, 7) is 2.21. The molecule has 0 atom stereocenters. The van der Waals surface area contributed by atoms with Crippen LogP contribution in [-0.4, -0.2) is 10.5 Å². The average Bonchev–Trinajstić information content (AvgIpc) is 2.42. The van der Waals surface area contributed by atoms with Crippen LogP contribution >= 0.6 is 0 Å². The van der Waals surface area contributed by atoms with E-state index in [4.69, 9.17) is 0 Å². The number of nitriles is 1. The summed E-state index contributed by atoms with van der Waals surface area (Å²) in [5.74, 6) is 0. The Bertz CT molecular complexity index is 645. The summed E-state index contributed by atoms with van der Waals surface area (Å²) < 4.78 is 0. The Morgan fingerprint density at radius 1 is 1.37 bits per heavy atom. The van der Waals surface area contributed by atoms with Gasteiger partial charge in [-0.05, 0) is 31.7 Å². The Morgan fingerprint density at radius 2 is 2.16 bits per heavy atom. The lowest BCUT2D eigenvalue weighted by atomic mass is 9.74. The minimum atomic E-state index is 0.176. The first kappa shape index (κ1) is 12.0. The van der Waals surface area contributed by atoms with Crippen molar-refractivity contribution in [3.63, 3.8) is 0 Å². The Balaban J connectivity index is 2.12. The predicted molar refractivity (Wildman–Crippen MR) is 77.0 cm³/mol. The van der Waals surface area contributed by atoms with Gasteiger partial charge in [0.05, 0.1) is 16.8 Å². The number of hydrogen-bond donors (Lipinski definition) is 1. The van der Waals surface area contributed by atoms with Crippen LogP contribution < -0.4 is 5.32 Å². The highest BCUT2D eigenvalue weighted by Gasteiger charge is 2.35. The van der Waals surface area contributed by atoms with Gasteiger partial charge in [0.2, 0.25) is 0 Å². The number of nitrogens with zero attached hydrogens (tertiary/aromatic N) is 2. The lowest BCUT2D eigenvalue weighted by Crippen LogP contribution is -2.44. The maximum atomic E-state index is 9.31. The summed E-state index contributed by atoms with van der Waals surface area (Å²) in [6, 6.07) is 10.3. The number of fused-ring (bicyclic) bond motifs is 1. The summed E-state index contributed by atoms with van der Waals surface area (Å²) in [4.78, 5) is 4.35. The van der Waals surface area contributed by atoms with E-state index in [9.17, 15) is 5.26 Å². The number of hydrogen-bond acceptors (Lipinski definition) is 3. The number of benzene rings is 1. The molecule has 1 aromatic carbocycles. The molecule has 3 heteroatoms. The molecule has 1 aliphatic rings. The van der Waals surface area contributed by atoms with E-state index in [1.54, 1.807) is 6.20 Å². The number of aromatic nitrogens is 1. The molecule has 19 heavy (non-hydrogen) atoms. The summed E-state index contributed by atoms with van der Waals surface area (Å²) >= 11 is 0. The van der Waals surface area contributed by atoms with Gasteiger partial charge in [-0.3, -0.25) is 4.98 Å². The van der Waals surface area contributed by atoms with Gasteiger partial charge in [0, 0.05) is 17.1 Å². The van der Waals surface area contributed by atoms with Gasteiger partial charge in [-0.25, -0.2) is 0 Å². The normalized spacial score (nSPS) is 16.6. The third-order valence-corrected chi connectivity index (χ3v) is 4.27. The lowest BCUT2D eigenvalue weighted by Gasteiger charge is -2.43. The molecule has 1 saturated carbocycles. The van der Waals surface area contributed by atoms with E-state index in [0.717, 1.165) is 23.0 Å². The Hall–Kier alpha value is -2.08. The molecule has 0 aliphatic heterocycles. The molecule has 1 N–H and O–H groups in total. The van der Waals surface area contributed by atoms with Crippen molar-refractivity contribution in [3.05, 3.63) is 36.0 Å². The highest BCUT2D eigenvalue weighted by Crippen LogP contribution is 2.40. The molecule has 0 radical (unpaired) electrons. The van der Waals surface area contributed by atoms with E-state index in [1.165, 1.54) is 19.3 Å². The minimum absolute atomic E-state index is 0.176. The zero-order valence-electron chi connectivity index (χ0n) is 11.1. The minimum Gasteiger partial charge on any atom is -0.378 e. The maximum absolute atomic E-state index is 9.31. The molecule has 2 aromatic rings. The third-order valence-electron chi connectivity index (χ3n) is 4.27. The largest absolute Gasteiger partial charge is 0.378 e. The number of rotatable bonds is 3. The van der Waals surface area contributed by atoms with Crippen LogP contribution in [0.25, 0.3) is 10.9 Å². The second kappa shape index (κ2) is 4.55. The highest BCUT2D eigenvalue weighted by molar-refractivity contribution is 5.94. The van der Waals surface area contributed by atoms with Crippen LogP contribution in [0.4, 0.5) is 5.69 Å². The fourth-order valence-electron chi connectivity index (χ4n) is 2.80. The Labute approximate surface area is 113 Å². The fraction of sp³-hybridized carbons (Fsp3) is 0.375. The monoisotopic (exact) mass is 251 g/mol.